The molecule has 0 aliphatic carbocycles. The van der Waals surface area contributed by atoms with Crippen LogP contribution in [-0.4, -0.2) is 11.5 Å². The van der Waals surface area contributed by atoms with Gasteiger partial charge in [-0.05, 0) is 12.5 Å². The summed E-state index contributed by atoms with van der Waals surface area (Å²) in [5, 5.41) is 12.9. The number of aromatic nitrogens is 1. The number of benzene rings is 1. The summed E-state index contributed by atoms with van der Waals surface area (Å²) in [5.74, 6) is -0.511. The first-order valence-electron chi connectivity index (χ1n) is 5.59. The van der Waals surface area contributed by atoms with Gasteiger partial charge in [-0.3, -0.25) is 4.98 Å². The largest absolute Gasteiger partial charge is 0.383 e. The summed E-state index contributed by atoms with van der Waals surface area (Å²) in [7, 11) is 0. The van der Waals surface area contributed by atoms with E-state index in [2.05, 4.69) is 16.4 Å². The number of fused-ring (bicyclic) bond motifs is 1. The third-order valence-electron chi connectivity index (χ3n) is 2.58. The van der Waals surface area contributed by atoms with Crippen LogP contribution in [0, 0.1) is 17.1 Å². The first kappa shape index (κ1) is 12.6. The minimum absolute atomic E-state index is 0.0268. The van der Waals surface area contributed by atoms with Crippen LogP contribution in [0.25, 0.3) is 10.9 Å². The van der Waals surface area contributed by atoms with E-state index in [0.717, 1.165) is 13.0 Å². The van der Waals surface area contributed by atoms with Crippen LogP contribution < -0.4 is 5.32 Å². The molecule has 2 aromatic rings. The van der Waals surface area contributed by atoms with Crippen molar-refractivity contribution in [3.63, 3.8) is 0 Å². The van der Waals surface area contributed by atoms with Gasteiger partial charge in [0.2, 0.25) is 0 Å². The van der Waals surface area contributed by atoms with E-state index in [1.54, 1.807) is 0 Å². The van der Waals surface area contributed by atoms with E-state index in [1.165, 1.54) is 18.3 Å². The summed E-state index contributed by atoms with van der Waals surface area (Å²) in [5.41, 5.74) is 1.57. The Kier molecular flexibility index (Phi) is 3.63. The van der Waals surface area contributed by atoms with Gasteiger partial charge in [-0.1, -0.05) is 18.5 Å². The normalized spacial score (nSPS) is 10.3. The predicted molar refractivity (Wildman–Crippen MR) is 70.2 cm³/mol. The molecule has 0 aliphatic rings. The maximum absolute atomic E-state index is 13.4. The minimum atomic E-state index is -0.511. The molecule has 1 aromatic carbocycles. The number of nitriles is 1. The molecule has 0 radical (unpaired) electrons. The molecule has 0 bridgehead atoms. The van der Waals surface area contributed by atoms with Crippen LogP contribution in [0.3, 0.4) is 0 Å². The Hall–Kier alpha value is -1.86. The molecule has 0 spiro atoms. The Bertz CT molecular complexity index is 634. The van der Waals surface area contributed by atoms with E-state index < -0.39 is 5.82 Å². The van der Waals surface area contributed by atoms with E-state index in [0.29, 0.717) is 22.2 Å². The first-order chi connectivity index (χ1) is 8.67. The van der Waals surface area contributed by atoms with Gasteiger partial charge in [-0.2, -0.15) is 5.26 Å². The number of nitrogens with one attached hydrogen (secondary N) is 1. The molecule has 92 valence electrons. The highest BCUT2D eigenvalue weighted by molar-refractivity contribution is 6.31. The molecule has 0 saturated carbocycles. The monoisotopic (exact) mass is 263 g/mol. The molecular formula is C13H11ClFN3. The molecule has 1 aromatic heterocycles. The second kappa shape index (κ2) is 5.19. The molecule has 0 aliphatic heterocycles. The highest BCUT2D eigenvalue weighted by Crippen LogP contribution is 2.29. The quantitative estimate of drug-likeness (QED) is 0.918. The average molecular weight is 264 g/mol. The second-order valence-corrected chi connectivity index (χ2v) is 4.28. The summed E-state index contributed by atoms with van der Waals surface area (Å²) in [6.07, 6.45) is 2.36. The summed E-state index contributed by atoms with van der Waals surface area (Å²) in [6, 6.07) is 4.84. The molecule has 0 atom stereocenters. The molecule has 0 fully saturated rings. The lowest BCUT2D eigenvalue weighted by Crippen LogP contribution is -2.03. The van der Waals surface area contributed by atoms with Crippen LogP contribution in [0.1, 0.15) is 18.9 Å². The van der Waals surface area contributed by atoms with Gasteiger partial charge in [-0.15, -0.1) is 0 Å². The standard InChI is InChI=1S/C13H11ClFN3/c1-2-3-17-13-8(6-16)7-18-12-5-11(15)10(14)4-9(12)13/h4-5,7H,2-3H2,1H3,(H,17,18). The van der Waals surface area contributed by atoms with Gasteiger partial charge in [0.15, 0.2) is 0 Å². The van der Waals surface area contributed by atoms with Gasteiger partial charge in [-0.25, -0.2) is 4.39 Å². The lowest BCUT2D eigenvalue weighted by atomic mass is 10.1. The van der Waals surface area contributed by atoms with Crippen molar-refractivity contribution in [1.82, 2.24) is 4.98 Å². The van der Waals surface area contributed by atoms with Crippen molar-refractivity contribution >= 4 is 28.2 Å². The molecule has 0 unspecified atom stereocenters. The van der Waals surface area contributed by atoms with Crippen LogP contribution in [0.2, 0.25) is 5.02 Å². The molecular weight excluding hydrogens is 253 g/mol. The maximum Gasteiger partial charge on any atom is 0.143 e. The summed E-state index contributed by atoms with van der Waals surface area (Å²) >= 11 is 5.78. The van der Waals surface area contributed by atoms with Crippen LogP contribution >= 0.6 is 11.6 Å². The fraction of sp³-hybridized carbons (Fsp3) is 0.231. The van der Waals surface area contributed by atoms with Gasteiger partial charge in [0, 0.05) is 24.2 Å². The second-order valence-electron chi connectivity index (χ2n) is 3.87. The third kappa shape index (κ3) is 2.22. The number of hydrogen-bond acceptors (Lipinski definition) is 3. The first-order valence-corrected chi connectivity index (χ1v) is 5.97. The zero-order valence-corrected chi connectivity index (χ0v) is 10.6. The Morgan fingerprint density at radius 1 is 1.50 bits per heavy atom. The lowest BCUT2D eigenvalue weighted by Gasteiger charge is -2.10. The van der Waals surface area contributed by atoms with Gasteiger partial charge < -0.3 is 5.32 Å². The van der Waals surface area contributed by atoms with E-state index in [9.17, 15) is 4.39 Å². The van der Waals surface area contributed by atoms with Gasteiger partial charge in [0.05, 0.1) is 21.8 Å². The van der Waals surface area contributed by atoms with Crippen molar-refractivity contribution in [2.45, 2.75) is 13.3 Å². The van der Waals surface area contributed by atoms with Crippen LogP contribution in [0.4, 0.5) is 10.1 Å². The van der Waals surface area contributed by atoms with Crippen molar-refractivity contribution < 1.29 is 4.39 Å². The fourth-order valence-corrected chi connectivity index (χ4v) is 1.88. The van der Waals surface area contributed by atoms with Crippen molar-refractivity contribution in [2.24, 2.45) is 0 Å². The van der Waals surface area contributed by atoms with Crippen molar-refractivity contribution in [2.75, 3.05) is 11.9 Å². The topological polar surface area (TPSA) is 48.7 Å². The lowest BCUT2D eigenvalue weighted by molar-refractivity contribution is 0.630. The smallest absolute Gasteiger partial charge is 0.143 e. The van der Waals surface area contributed by atoms with Crippen molar-refractivity contribution in [1.29, 1.82) is 5.26 Å². The average Bonchev–Trinajstić information content (AvgIpc) is 2.37. The molecule has 1 N–H and O–H groups in total. The number of anilines is 1. The van der Waals surface area contributed by atoms with Gasteiger partial charge >= 0.3 is 0 Å². The predicted octanol–water partition coefficient (Wildman–Crippen LogP) is 3.72. The summed E-state index contributed by atoms with van der Waals surface area (Å²) in [4.78, 5) is 4.06. The SMILES string of the molecule is CCCNc1c(C#N)cnc2cc(F)c(Cl)cc12. The molecule has 2 rings (SSSR count). The molecule has 0 amide bonds. The number of pyridine rings is 1. The van der Waals surface area contributed by atoms with Crippen LogP contribution in [-0.2, 0) is 0 Å². The molecule has 1 heterocycles. The summed E-state index contributed by atoms with van der Waals surface area (Å²) in [6.45, 7) is 2.75. The fourth-order valence-electron chi connectivity index (χ4n) is 1.71. The molecule has 5 heteroatoms. The van der Waals surface area contributed by atoms with Crippen molar-refractivity contribution in [3.8, 4) is 6.07 Å². The molecule has 3 nitrogen and oxygen atoms in total. The number of hydrogen-bond donors (Lipinski definition) is 1. The zero-order chi connectivity index (χ0) is 13.1. The van der Waals surface area contributed by atoms with Gasteiger partial charge in [0.25, 0.3) is 0 Å². The maximum atomic E-state index is 13.4. The van der Waals surface area contributed by atoms with E-state index >= 15 is 0 Å². The van der Waals surface area contributed by atoms with Crippen molar-refractivity contribution in [3.05, 3.63) is 34.7 Å². The highest BCUT2D eigenvalue weighted by Gasteiger charge is 2.11. The number of rotatable bonds is 3. The Balaban J connectivity index is 2.68. The van der Waals surface area contributed by atoms with E-state index in [4.69, 9.17) is 16.9 Å². The highest BCUT2D eigenvalue weighted by atomic mass is 35.5. The number of halogens is 2. The van der Waals surface area contributed by atoms with Crippen LogP contribution in [0.15, 0.2) is 18.3 Å². The Morgan fingerprint density at radius 3 is 2.94 bits per heavy atom. The molecule has 18 heavy (non-hydrogen) atoms. The number of nitrogens with zero attached hydrogens (tertiary/aromatic N) is 2. The molecule has 0 saturated heterocycles. The van der Waals surface area contributed by atoms with E-state index in [1.807, 2.05) is 6.92 Å². The Labute approximate surface area is 109 Å². The van der Waals surface area contributed by atoms with Crippen LogP contribution in [0.5, 0.6) is 0 Å². The van der Waals surface area contributed by atoms with Gasteiger partial charge in [0.1, 0.15) is 11.9 Å². The van der Waals surface area contributed by atoms with E-state index in [-0.39, 0.29) is 5.02 Å². The third-order valence-corrected chi connectivity index (χ3v) is 2.87. The minimum Gasteiger partial charge on any atom is -0.383 e. The zero-order valence-electron chi connectivity index (χ0n) is 9.80. The Morgan fingerprint density at radius 2 is 2.28 bits per heavy atom. The summed E-state index contributed by atoms with van der Waals surface area (Å²) < 4.78 is 13.4.